The van der Waals surface area contributed by atoms with Gasteiger partial charge in [0.15, 0.2) is 0 Å². The molecule has 0 radical (unpaired) electrons. The lowest BCUT2D eigenvalue weighted by Gasteiger charge is -2.54. The molecule has 0 bridgehead atoms. The van der Waals surface area contributed by atoms with E-state index in [1.54, 1.807) is 12.1 Å². The summed E-state index contributed by atoms with van der Waals surface area (Å²) in [5, 5.41) is 24.3. The Kier molecular flexibility index (Phi) is 11.3. The molecule has 1 aliphatic carbocycles. The number of ether oxygens (including phenoxy) is 2. The fourth-order valence-corrected chi connectivity index (χ4v) is 9.34. The topological polar surface area (TPSA) is 105 Å². The summed E-state index contributed by atoms with van der Waals surface area (Å²) in [5.74, 6) is -0.408. The maximum atomic E-state index is 15.1. The molecule has 50 heavy (non-hydrogen) atoms. The van der Waals surface area contributed by atoms with Crippen LogP contribution in [-0.4, -0.2) is 124 Å². The van der Waals surface area contributed by atoms with E-state index in [0.29, 0.717) is 50.6 Å². The molecule has 2 aromatic rings. The molecule has 0 aromatic heterocycles. The molecule has 0 spiro atoms. The number of benzene rings is 2. The molecule has 3 atom stereocenters. The average Bonchev–Trinajstić information content (AvgIpc) is 3.55. The average molecular weight is 695 g/mol. The van der Waals surface area contributed by atoms with Crippen molar-refractivity contribution in [3.05, 3.63) is 64.7 Å². The minimum Gasteiger partial charge on any atom is -0.453 e. The summed E-state index contributed by atoms with van der Waals surface area (Å²) >= 11 is 0. The molecule has 2 N–H and O–H groups in total. The van der Waals surface area contributed by atoms with Crippen LogP contribution in [-0.2, 0) is 21.4 Å². The molecule has 272 valence electrons. The van der Waals surface area contributed by atoms with Gasteiger partial charge in [0, 0.05) is 57.3 Å². The number of likely N-dealkylation sites (tertiary alicyclic amines) is 1. The summed E-state index contributed by atoms with van der Waals surface area (Å²) in [4.78, 5) is 21.1. The van der Waals surface area contributed by atoms with Crippen molar-refractivity contribution < 1.29 is 28.2 Å². The summed E-state index contributed by atoms with van der Waals surface area (Å²) in [6.45, 7) is 6.83. The second-order valence-corrected chi connectivity index (χ2v) is 15.2. The highest BCUT2D eigenvalue weighted by atomic mass is 19.1. The van der Waals surface area contributed by atoms with Crippen LogP contribution in [0.1, 0.15) is 48.8 Å². The second-order valence-electron chi connectivity index (χ2n) is 15.2. The van der Waals surface area contributed by atoms with E-state index in [9.17, 15) is 15.2 Å². The lowest BCUT2D eigenvalue weighted by atomic mass is 9.58. The standard InChI is InChI=1S/C38H52F2N6O4/c1-43(2)22-28-19-35(33(40)18-27(28)21-41)46-24-37(48,25-46)23-44-12-10-29(11-13-44)38(26-45-14-16-50-17-15-45,30-6-4-7-31(39)20-30)32-8-5-9-34(32)42-36(47)49-3/h4,6-7,18-20,29,32,34,48H,5,8-17,22-26H2,1-3H3,(H,42,47)/t32-,34-,38-/m0/s1. The molecule has 3 aliphatic heterocycles. The molecule has 3 heterocycles. The first-order valence-corrected chi connectivity index (χ1v) is 18.0. The zero-order valence-electron chi connectivity index (χ0n) is 29.7. The third kappa shape index (κ3) is 7.77. The maximum Gasteiger partial charge on any atom is 0.407 e. The van der Waals surface area contributed by atoms with Gasteiger partial charge in [-0.05, 0) is 100 Å². The number of morpholine rings is 1. The number of hydrogen-bond donors (Lipinski definition) is 2. The fourth-order valence-electron chi connectivity index (χ4n) is 9.34. The quantitative estimate of drug-likeness (QED) is 0.362. The molecular formula is C38H52F2N6O4. The van der Waals surface area contributed by atoms with Crippen molar-refractivity contribution in [2.45, 2.75) is 55.7 Å². The molecule has 4 fully saturated rings. The van der Waals surface area contributed by atoms with Crippen molar-refractivity contribution in [3.8, 4) is 6.07 Å². The van der Waals surface area contributed by atoms with Crippen LogP contribution in [0.3, 0.4) is 0 Å². The van der Waals surface area contributed by atoms with Gasteiger partial charge in [0.25, 0.3) is 0 Å². The van der Waals surface area contributed by atoms with Gasteiger partial charge in [-0.1, -0.05) is 18.6 Å². The van der Waals surface area contributed by atoms with E-state index in [1.807, 2.05) is 30.0 Å². The number of nitrogens with zero attached hydrogens (tertiary/aromatic N) is 5. The van der Waals surface area contributed by atoms with Crippen molar-refractivity contribution >= 4 is 11.8 Å². The monoisotopic (exact) mass is 694 g/mol. The van der Waals surface area contributed by atoms with E-state index < -0.39 is 22.9 Å². The van der Waals surface area contributed by atoms with E-state index in [0.717, 1.165) is 76.0 Å². The van der Waals surface area contributed by atoms with Gasteiger partial charge in [0.2, 0.25) is 0 Å². The zero-order chi connectivity index (χ0) is 35.5. The van der Waals surface area contributed by atoms with E-state index >= 15 is 8.78 Å². The summed E-state index contributed by atoms with van der Waals surface area (Å²) < 4.78 is 40.9. The molecule has 1 saturated carbocycles. The van der Waals surface area contributed by atoms with Gasteiger partial charge in [0.1, 0.15) is 17.2 Å². The summed E-state index contributed by atoms with van der Waals surface area (Å²) in [6.07, 6.45) is 4.03. The van der Waals surface area contributed by atoms with Crippen molar-refractivity contribution in [3.63, 3.8) is 0 Å². The minimum absolute atomic E-state index is 0.0897. The third-order valence-corrected chi connectivity index (χ3v) is 11.5. The number of nitrogens with one attached hydrogen (secondary N) is 1. The van der Waals surface area contributed by atoms with Gasteiger partial charge >= 0.3 is 6.09 Å². The predicted molar refractivity (Wildman–Crippen MR) is 187 cm³/mol. The highest BCUT2D eigenvalue weighted by molar-refractivity contribution is 5.67. The molecule has 4 aliphatic rings. The molecule has 12 heteroatoms. The van der Waals surface area contributed by atoms with E-state index in [4.69, 9.17) is 9.47 Å². The Morgan fingerprint density at radius 3 is 2.50 bits per heavy atom. The van der Waals surface area contributed by atoms with Crippen LogP contribution in [0.15, 0.2) is 36.4 Å². The van der Waals surface area contributed by atoms with Crippen LogP contribution in [0.2, 0.25) is 0 Å². The van der Waals surface area contributed by atoms with Crippen LogP contribution in [0.4, 0.5) is 19.3 Å². The second kappa shape index (κ2) is 15.5. The van der Waals surface area contributed by atoms with Crippen LogP contribution in [0, 0.1) is 34.8 Å². The number of nitriles is 1. The molecule has 1 amide bonds. The largest absolute Gasteiger partial charge is 0.453 e. The lowest BCUT2D eigenvalue weighted by molar-refractivity contribution is -0.0387. The third-order valence-electron chi connectivity index (χ3n) is 11.5. The number of aliphatic hydroxyl groups is 1. The van der Waals surface area contributed by atoms with E-state index in [-0.39, 0.29) is 23.7 Å². The molecule has 10 nitrogen and oxygen atoms in total. The lowest BCUT2D eigenvalue weighted by Crippen LogP contribution is -2.67. The predicted octanol–water partition coefficient (Wildman–Crippen LogP) is 3.96. The fraction of sp³-hybridized carbons (Fsp3) is 0.632. The summed E-state index contributed by atoms with van der Waals surface area (Å²) in [5.41, 5.74) is 1.08. The Balaban J connectivity index is 1.20. The van der Waals surface area contributed by atoms with Gasteiger partial charge in [-0.25, -0.2) is 13.6 Å². The maximum absolute atomic E-state index is 15.1. The van der Waals surface area contributed by atoms with Gasteiger partial charge < -0.3 is 34.6 Å². The van der Waals surface area contributed by atoms with Crippen LogP contribution >= 0.6 is 0 Å². The SMILES string of the molecule is COC(=O)N[C@H]1CCC[C@@H]1[C@](CN1CCOCC1)(c1cccc(F)c1)C1CCN(CC2(O)CN(c3cc(CN(C)C)c(C#N)cc3F)C2)CC1. The van der Waals surface area contributed by atoms with Crippen molar-refractivity contribution in [2.24, 2.45) is 11.8 Å². The first-order chi connectivity index (χ1) is 24.0. The Hall–Kier alpha value is -3.34. The normalized spacial score (nSPS) is 24.4. The number of hydrogen-bond acceptors (Lipinski definition) is 9. The van der Waals surface area contributed by atoms with Gasteiger partial charge in [-0.15, -0.1) is 0 Å². The Bertz CT molecular complexity index is 1530. The van der Waals surface area contributed by atoms with Crippen molar-refractivity contribution in [1.29, 1.82) is 5.26 Å². The number of alkyl carbamates (subject to hydrolysis) is 1. The minimum atomic E-state index is -0.983. The Morgan fingerprint density at radius 2 is 1.84 bits per heavy atom. The number of methoxy groups -OCH3 is 1. The molecule has 0 unspecified atom stereocenters. The Labute approximate surface area is 294 Å². The van der Waals surface area contributed by atoms with Gasteiger partial charge in [-0.2, -0.15) is 5.26 Å². The van der Waals surface area contributed by atoms with Crippen LogP contribution in [0.25, 0.3) is 0 Å². The molecule has 2 aromatic carbocycles. The van der Waals surface area contributed by atoms with E-state index in [2.05, 4.69) is 27.3 Å². The van der Waals surface area contributed by atoms with Crippen LogP contribution < -0.4 is 10.2 Å². The first kappa shape index (κ1) is 36.5. The van der Waals surface area contributed by atoms with Gasteiger partial charge in [-0.3, -0.25) is 4.90 Å². The highest BCUT2D eigenvalue weighted by Gasteiger charge is 2.53. The number of carbonyl (C=O) groups excluding carboxylic acids is 1. The number of rotatable bonds is 11. The number of β-amino-alcohol motifs (C(OH)–C–C–N with tert-alkyl or cyclic N) is 1. The number of piperidine rings is 1. The number of amides is 1. The van der Waals surface area contributed by atoms with E-state index in [1.165, 1.54) is 19.2 Å². The molecular weight excluding hydrogens is 642 g/mol. The van der Waals surface area contributed by atoms with Crippen molar-refractivity contribution in [1.82, 2.24) is 20.0 Å². The van der Waals surface area contributed by atoms with Gasteiger partial charge in [0.05, 0.1) is 37.6 Å². The molecule has 6 rings (SSSR count). The summed E-state index contributed by atoms with van der Waals surface area (Å²) in [7, 11) is 5.21. The number of carbonyl (C=O) groups is 1. The number of halogens is 2. The zero-order valence-corrected chi connectivity index (χ0v) is 29.7. The highest BCUT2D eigenvalue weighted by Crippen LogP contribution is 2.51. The number of anilines is 1. The summed E-state index contributed by atoms with van der Waals surface area (Å²) in [6, 6.07) is 12.1. The first-order valence-electron chi connectivity index (χ1n) is 18.0. The smallest absolute Gasteiger partial charge is 0.407 e. The Morgan fingerprint density at radius 1 is 1.10 bits per heavy atom. The van der Waals surface area contributed by atoms with Crippen molar-refractivity contribution in [2.75, 3.05) is 91.7 Å². The van der Waals surface area contributed by atoms with Crippen LogP contribution in [0.5, 0.6) is 0 Å². The molecule has 3 saturated heterocycles.